The van der Waals surface area contributed by atoms with Crippen LogP contribution in [-0.4, -0.2) is 36.5 Å². The summed E-state index contributed by atoms with van der Waals surface area (Å²) in [5.74, 6) is 0.488. The standard InChI is InChI=1S/C25H23BrN2O6S/c1-5-34-24(31)21-13(2)27-25-28(22(21)17-12-16(32-3)7-9-19(17)33-4)23(30)20(35-25)11-14-10-15(26)6-8-18(14)29/h6-12,22,29H,5H2,1-4H3/b20-11+/t22-/m0/s1. The molecule has 0 unspecified atom stereocenters. The predicted octanol–water partition coefficient (Wildman–Crippen LogP) is 3.28. The molecule has 0 fully saturated rings. The summed E-state index contributed by atoms with van der Waals surface area (Å²) in [4.78, 5) is 31.8. The summed E-state index contributed by atoms with van der Waals surface area (Å²) in [7, 11) is 3.06. The fraction of sp³-hybridized carbons (Fsp3) is 0.240. The molecule has 0 bridgehead atoms. The minimum absolute atomic E-state index is 0.0356. The molecule has 0 saturated carbocycles. The Hall–Kier alpha value is -3.37. The first kappa shape index (κ1) is 24.7. The Balaban J connectivity index is 2.04. The molecule has 1 aromatic heterocycles. The van der Waals surface area contributed by atoms with Crippen LogP contribution in [0.4, 0.5) is 0 Å². The molecule has 0 aliphatic carbocycles. The SMILES string of the molecule is CCOC(=O)C1=C(C)N=c2s/c(=C/c3cc(Br)ccc3O)c(=O)n2[C@H]1c1cc(OC)ccc1OC. The van der Waals surface area contributed by atoms with Gasteiger partial charge in [0.1, 0.15) is 23.3 Å². The number of thiazole rings is 1. The number of hydrogen-bond acceptors (Lipinski definition) is 8. The van der Waals surface area contributed by atoms with E-state index in [0.717, 1.165) is 4.47 Å². The average molecular weight is 559 g/mol. The zero-order chi connectivity index (χ0) is 25.3. The Morgan fingerprint density at radius 1 is 1.23 bits per heavy atom. The molecule has 0 amide bonds. The van der Waals surface area contributed by atoms with Gasteiger partial charge in [0.25, 0.3) is 5.56 Å². The van der Waals surface area contributed by atoms with E-state index in [-0.39, 0.29) is 23.5 Å². The number of phenolic OH excluding ortho intramolecular Hbond substituents is 1. The number of halogens is 1. The molecular weight excluding hydrogens is 536 g/mol. The number of benzene rings is 2. The molecule has 182 valence electrons. The molecule has 3 aromatic rings. The number of methoxy groups -OCH3 is 2. The van der Waals surface area contributed by atoms with Crippen molar-refractivity contribution < 1.29 is 24.1 Å². The van der Waals surface area contributed by atoms with E-state index in [9.17, 15) is 14.7 Å². The summed E-state index contributed by atoms with van der Waals surface area (Å²) >= 11 is 4.56. The van der Waals surface area contributed by atoms with Gasteiger partial charge in [0.05, 0.1) is 36.6 Å². The van der Waals surface area contributed by atoms with E-state index >= 15 is 0 Å². The van der Waals surface area contributed by atoms with Crippen LogP contribution in [-0.2, 0) is 9.53 Å². The van der Waals surface area contributed by atoms with Crippen molar-refractivity contribution >= 4 is 39.3 Å². The van der Waals surface area contributed by atoms with Crippen molar-refractivity contribution in [3.05, 3.63) is 83.0 Å². The van der Waals surface area contributed by atoms with Crippen molar-refractivity contribution in [3.63, 3.8) is 0 Å². The molecule has 8 nitrogen and oxygen atoms in total. The molecule has 0 radical (unpaired) electrons. The minimum Gasteiger partial charge on any atom is -0.507 e. The van der Waals surface area contributed by atoms with Gasteiger partial charge < -0.3 is 19.3 Å². The van der Waals surface area contributed by atoms with Crippen LogP contribution in [0.3, 0.4) is 0 Å². The number of aromatic nitrogens is 1. The second-order valence-corrected chi connectivity index (χ2v) is 9.54. The van der Waals surface area contributed by atoms with Gasteiger partial charge in [0, 0.05) is 15.6 Å². The van der Waals surface area contributed by atoms with E-state index < -0.39 is 12.0 Å². The number of hydrogen-bond donors (Lipinski definition) is 1. The highest BCUT2D eigenvalue weighted by Crippen LogP contribution is 2.37. The molecule has 2 aromatic carbocycles. The maximum Gasteiger partial charge on any atom is 0.338 e. The fourth-order valence-corrected chi connectivity index (χ4v) is 5.34. The number of aromatic hydroxyl groups is 1. The molecule has 2 heterocycles. The van der Waals surface area contributed by atoms with Crippen LogP contribution in [0.25, 0.3) is 6.08 Å². The Morgan fingerprint density at radius 3 is 2.69 bits per heavy atom. The van der Waals surface area contributed by atoms with Gasteiger partial charge in [-0.2, -0.15) is 0 Å². The van der Waals surface area contributed by atoms with Crippen molar-refractivity contribution in [2.24, 2.45) is 4.99 Å². The number of carbonyl (C=O) groups excluding carboxylic acids is 1. The Labute approximate surface area is 213 Å². The summed E-state index contributed by atoms with van der Waals surface area (Å²) < 4.78 is 18.9. The number of carbonyl (C=O) groups is 1. The van der Waals surface area contributed by atoms with Crippen molar-refractivity contribution in [2.75, 3.05) is 20.8 Å². The van der Waals surface area contributed by atoms with E-state index in [1.807, 2.05) is 0 Å². The molecule has 0 spiro atoms. The Morgan fingerprint density at radius 2 is 2.00 bits per heavy atom. The van der Waals surface area contributed by atoms with Crippen molar-refractivity contribution in [1.29, 1.82) is 0 Å². The van der Waals surface area contributed by atoms with Gasteiger partial charge in [0.15, 0.2) is 4.80 Å². The van der Waals surface area contributed by atoms with Crippen LogP contribution in [0.2, 0.25) is 0 Å². The number of nitrogens with zero attached hydrogens (tertiary/aromatic N) is 2. The normalized spacial score (nSPS) is 15.5. The summed E-state index contributed by atoms with van der Waals surface area (Å²) in [5.41, 5.74) is 1.35. The first-order valence-electron chi connectivity index (χ1n) is 10.7. The summed E-state index contributed by atoms with van der Waals surface area (Å²) in [6.07, 6.45) is 1.60. The molecule has 1 N–H and O–H groups in total. The van der Waals surface area contributed by atoms with E-state index in [1.165, 1.54) is 30.1 Å². The van der Waals surface area contributed by atoms with Gasteiger partial charge in [0.2, 0.25) is 0 Å². The van der Waals surface area contributed by atoms with Gasteiger partial charge >= 0.3 is 5.97 Å². The fourth-order valence-electron chi connectivity index (χ4n) is 3.92. The highest BCUT2D eigenvalue weighted by molar-refractivity contribution is 9.10. The zero-order valence-electron chi connectivity index (χ0n) is 19.5. The van der Waals surface area contributed by atoms with Crippen molar-refractivity contribution in [2.45, 2.75) is 19.9 Å². The third-order valence-electron chi connectivity index (χ3n) is 5.52. The highest BCUT2D eigenvalue weighted by Gasteiger charge is 2.35. The van der Waals surface area contributed by atoms with Crippen molar-refractivity contribution in [1.82, 2.24) is 4.57 Å². The van der Waals surface area contributed by atoms with E-state index in [0.29, 0.717) is 37.7 Å². The van der Waals surface area contributed by atoms with Crippen LogP contribution in [0.1, 0.15) is 31.0 Å². The van der Waals surface area contributed by atoms with Crippen LogP contribution in [0.5, 0.6) is 17.2 Å². The molecule has 1 aliphatic rings. The third kappa shape index (κ3) is 4.63. The number of allylic oxidation sites excluding steroid dienone is 1. The average Bonchev–Trinajstić information content (AvgIpc) is 3.14. The quantitative estimate of drug-likeness (QED) is 0.466. The number of esters is 1. The Kier molecular flexibility index (Phi) is 7.13. The van der Waals surface area contributed by atoms with Gasteiger partial charge in [-0.25, -0.2) is 9.79 Å². The lowest BCUT2D eigenvalue weighted by Crippen LogP contribution is -2.40. The number of rotatable bonds is 6. The van der Waals surface area contributed by atoms with Gasteiger partial charge in [-0.15, -0.1) is 0 Å². The van der Waals surface area contributed by atoms with Crippen LogP contribution in [0, 0.1) is 0 Å². The highest BCUT2D eigenvalue weighted by atomic mass is 79.9. The lowest BCUT2D eigenvalue weighted by molar-refractivity contribution is -0.139. The van der Waals surface area contributed by atoms with Crippen LogP contribution >= 0.6 is 27.3 Å². The maximum absolute atomic E-state index is 13.7. The number of ether oxygens (including phenoxy) is 3. The van der Waals surface area contributed by atoms with Gasteiger partial charge in [-0.3, -0.25) is 9.36 Å². The number of fused-ring (bicyclic) bond motifs is 1. The third-order valence-corrected chi connectivity index (χ3v) is 7.00. The molecule has 4 rings (SSSR count). The summed E-state index contributed by atoms with van der Waals surface area (Å²) in [6, 6.07) is 9.31. The smallest absolute Gasteiger partial charge is 0.338 e. The van der Waals surface area contributed by atoms with E-state index in [2.05, 4.69) is 20.9 Å². The summed E-state index contributed by atoms with van der Waals surface area (Å²) in [6.45, 7) is 3.60. The lowest BCUT2D eigenvalue weighted by atomic mass is 9.94. The topological polar surface area (TPSA) is 99.4 Å². The van der Waals surface area contributed by atoms with E-state index in [4.69, 9.17) is 14.2 Å². The molecule has 0 saturated heterocycles. The van der Waals surface area contributed by atoms with E-state index in [1.54, 1.807) is 56.3 Å². The zero-order valence-corrected chi connectivity index (χ0v) is 21.9. The first-order chi connectivity index (χ1) is 16.8. The Bertz CT molecular complexity index is 1520. The largest absolute Gasteiger partial charge is 0.507 e. The molecule has 1 atom stereocenters. The second kappa shape index (κ2) is 10.1. The maximum atomic E-state index is 13.7. The molecule has 10 heteroatoms. The predicted molar refractivity (Wildman–Crippen MR) is 136 cm³/mol. The first-order valence-corrected chi connectivity index (χ1v) is 12.3. The molecular formula is C25H23BrN2O6S. The monoisotopic (exact) mass is 558 g/mol. The van der Waals surface area contributed by atoms with Crippen LogP contribution < -0.4 is 24.4 Å². The van der Waals surface area contributed by atoms with Crippen molar-refractivity contribution in [3.8, 4) is 17.2 Å². The van der Waals surface area contributed by atoms with Gasteiger partial charge in [-0.05, 0) is 56.3 Å². The van der Waals surface area contributed by atoms with Gasteiger partial charge in [-0.1, -0.05) is 27.3 Å². The second-order valence-electron chi connectivity index (χ2n) is 7.61. The summed E-state index contributed by atoms with van der Waals surface area (Å²) in [5, 5.41) is 10.3. The van der Waals surface area contributed by atoms with Crippen LogP contribution in [0.15, 0.2) is 61.9 Å². The minimum atomic E-state index is -0.853. The lowest BCUT2D eigenvalue weighted by Gasteiger charge is -2.26. The number of phenols is 1. The molecule has 35 heavy (non-hydrogen) atoms. The molecule has 1 aliphatic heterocycles.